The maximum absolute atomic E-state index is 13.5. The topological polar surface area (TPSA) is 149 Å². The number of imide groups is 1. The van der Waals surface area contributed by atoms with Crippen LogP contribution in [0.1, 0.15) is 97.5 Å². The van der Waals surface area contributed by atoms with Gasteiger partial charge in [-0.3, -0.25) is 38.4 Å². The van der Waals surface area contributed by atoms with E-state index >= 15 is 0 Å². The van der Waals surface area contributed by atoms with Gasteiger partial charge in [-0.15, -0.1) is 0 Å². The molecule has 3 amide bonds. The lowest BCUT2D eigenvalue weighted by atomic mass is 9.82. The maximum atomic E-state index is 13.5. The molecule has 2 atom stereocenters. The summed E-state index contributed by atoms with van der Waals surface area (Å²) in [6.07, 6.45) is 5.27. The zero-order valence-electron chi connectivity index (χ0n) is 35.3. The van der Waals surface area contributed by atoms with E-state index < -0.39 is 29.7 Å². The summed E-state index contributed by atoms with van der Waals surface area (Å²) < 4.78 is 51.1. The predicted octanol–water partition coefficient (Wildman–Crippen LogP) is 6.04. The second-order valence-corrected chi connectivity index (χ2v) is 18.6. The zero-order valence-corrected chi connectivity index (χ0v) is 35.3. The van der Waals surface area contributed by atoms with Gasteiger partial charge in [-0.2, -0.15) is 18.3 Å². The molecule has 2 aromatic carbocycles. The van der Waals surface area contributed by atoms with Gasteiger partial charge in [-0.1, -0.05) is 18.2 Å². The standard InChI is InChI=1S/C46H52F3N9O5/c1-54-41-34(4-2-6-37(41)58(44(54)62)38-14-15-40(59)52-43(38)61)30-16-18-55(19-17-30)23-29-21-45(63-25-29)26-56(27-45)22-28-8-11-33(12-9-28)57-24-31-20-32(10-13-35(31)53-57)50-42(60)36-5-3-7-39(51-36)46(47,48)49/h2-7,10,13,20,24,28-30,33,38H,8-9,11-12,14-19,21-23,25-27H2,1H3,(H,50,60)(H,52,59,61). The Kier molecular flexibility index (Phi) is 10.8. The molecule has 7 heterocycles. The monoisotopic (exact) mass is 867 g/mol. The third-order valence-electron chi connectivity index (χ3n) is 14.3. The number of carbonyl (C=O) groups is 3. The number of fused-ring (bicyclic) bond motifs is 2. The lowest BCUT2D eigenvalue weighted by Gasteiger charge is -2.49. The number of nitrogens with one attached hydrogen (secondary N) is 2. The van der Waals surface area contributed by atoms with Crippen LogP contribution in [0.2, 0.25) is 0 Å². The Bertz CT molecular complexity index is 2630. The normalized spacial score (nSPS) is 24.9. The summed E-state index contributed by atoms with van der Waals surface area (Å²) in [6, 6.07) is 14.2. The van der Waals surface area contributed by atoms with Crippen LogP contribution in [0.4, 0.5) is 18.9 Å². The van der Waals surface area contributed by atoms with Crippen molar-refractivity contribution in [2.45, 2.75) is 87.6 Å². The molecule has 14 nitrogen and oxygen atoms in total. The van der Waals surface area contributed by atoms with Crippen LogP contribution in [0.5, 0.6) is 0 Å². The number of halogens is 3. The van der Waals surface area contributed by atoms with E-state index in [-0.39, 0.29) is 35.4 Å². The van der Waals surface area contributed by atoms with Gasteiger partial charge in [0.25, 0.3) is 5.91 Å². The number of piperidine rings is 2. The quantitative estimate of drug-likeness (QED) is 0.170. The van der Waals surface area contributed by atoms with E-state index in [1.54, 1.807) is 28.3 Å². The molecule has 1 saturated carbocycles. The number of pyridine rings is 1. The molecule has 3 aromatic heterocycles. The summed E-state index contributed by atoms with van der Waals surface area (Å²) in [5.41, 5.74) is 2.36. The van der Waals surface area contributed by atoms with Crippen LogP contribution in [0.15, 0.2) is 65.6 Å². The van der Waals surface area contributed by atoms with E-state index in [0.717, 1.165) is 124 Å². The number of hydrogen-bond donors (Lipinski definition) is 2. The van der Waals surface area contributed by atoms with E-state index in [4.69, 9.17) is 9.84 Å². The zero-order chi connectivity index (χ0) is 43.6. The lowest BCUT2D eigenvalue weighted by Crippen LogP contribution is -2.62. The number of alkyl halides is 3. The van der Waals surface area contributed by atoms with Crippen molar-refractivity contribution in [3.8, 4) is 0 Å². The minimum atomic E-state index is -4.64. The number of carbonyl (C=O) groups excluding carboxylic acids is 3. The van der Waals surface area contributed by atoms with Crippen molar-refractivity contribution < 1.29 is 32.3 Å². The molecule has 1 spiro atoms. The smallest absolute Gasteiger partial charge is 0.372 e. The average Bonchev–Trinajstić information content (AvgIpc) is 3.95. The van der Waals surface area contributed by atoms with Crippen molar-refractivity contribution >= 4 is 45.3 Å². The summed E-state index contributed by atoms with van der Waals surface area (Å²) in [7, 11) is 1.78. The van der Waals surface area contributed by atoms with Gasteiger partial charge >= 0.3 is 11.9 Å². The van der Waals surface area contributed by atoms with Crippen molar-refractivity contribution in [2.24, 2.45) is 18.9 Å². The fourth-order valence-electron chi connectivity index (χ4n) is 11.2. The first-order chi connectivity index (χ1) is 30.3. The number of para-hydroxylation sites is 1. The molecule has 0 radical (unpaired) electrons. The van der Waals surface area contributed by atoms with Gasteiger partial charge in [-0.25, -0.2) is 9.78 Å². The van der Waals surface area contributed by atoms with E-state index in [1.165, 1.54) is 12.1 Å². The first-order valence-electron chi connectivity index (χ1n) is 22.3. The number of benzene rings is 2. The summed E-state index contributed by atoms with van der Waals surface area (Å²) in [5.74, 6) is 0.0220. The van der Waals surface area contributed by atoms with Crippen LogP contribution in [-0.2, 0) is 27.5 Å². The number of hydrogen-bond acceptors (Lipinski definition) is 9. The molecule has 5 fully saturated rings. The molecule has 5 aliphatic rings. The van der Waals surface area contributed by atoms with E-state index in [0.29, 0.717) is 29.9 Å². The molecule has 4 saturated heterocycles. The average molecular weight is 868 g/mol. The summed E-state index contributed by atoms with van der Waals surface area (Å²) >= 11 is 0. The van der Waals surface area contributed by atoms with Crippen molar-refractivity contribution in [3.05, 3.63) is 88.2 Å². The highest BCUT2D eigenvalue weighted by molar-refractivity contribution is 6.04. The van der Waals surface area contributed by atoms with Crippen molar-refractivity contribution in [1.82, 2.24) is 39.0 Å². The van der Waals surface area contributed by atoms with Crippen molar-refractivity contribution in [2.75, 3.05) is 51.2 Å². The fraction of sp³-hybridized carbons (Fsp3) is 0.522. The molecule has 1 aliphatic carbocycles. The van der Waals surface area contributed by atoms with E-state index in [2.05, 4.69) is 31.5 Å². The van der Waals surface area contributed by atoms with Crippen molar-refractivity contribution in [3.63, 3.8) is 0 Å². The van der Waals surface area contributed by atoms with Crippen LogP contribution in [0.3, 0.4) is 0 Å². The van der Waals surface area contributed by atoms with Gasteiger partial charge in [0.15, 0.2) is 0 Å². The highest BCUT2D eigenvalue weighted by Gasteiger charge is 2.50. The molecule has 63 heavy (non-hydrogen) atoms. The molecule has 10 rings (SSSR count). The first kappa shape index (κ1) is 41.6. The molecule has 2 N–H and O–H groups in total. The number of ether oxygens (including phenoxy) is 1. The molecular formula is C46H52F3N9O5. The number of aryl methyl sites for hydroxylation is 1. The number of anilines is 1. The Balaban J connectivity index is 0.671. The first-order valence-corrected chi connectivity index (χ1v) is 22.3. The minimum absolute atomic E-state index is 0.0343. The minimum Gasteiger partial charge on any atom is -0.372 e. The van der Waals surface area contributed by atoms with Crippen molar-refractivity contribution in [1.29, 1.82) is 0 Å². The molecule has 4 aliphatic heterocycles. The second kappa shape index (κ2) is 16.3. The van der Waals surface area contributed by atoms with Crippen LogP contribution in [-0.4, -0.2) is 103 Å². The van der Waals surface area contributed by atoms with Crippen LogP contribution < -0.4 is 16.3 Å². The molecule has 2 unspecified atom stereocenters. The Hall–Kier alpha value is -5.39. The lowest BCUT2D eigenvalue weighted by molar-refractivity contribution is -0.141. The number of imidazole rings is 1. The number of rotatable bonds is 9. The Morgan fingerprint density at radius 1 is 0.921 bits per heavy atom. The van der Waals surface area contributed by atoms with E-state index in [1.807, 2.05) is 29.1 Å². The number of nitrogens with zero attached hydrogens (tertiary/aromatic N) is 7. The second-order valence-electron chi connectivity index (χ2n) is 18.6. The van der Waals surface area contributed by atoms with Crippen LogP contribution >= 0.6 is 0 Å². The highest BCUT2D eigenvalue weighted by Crippen LogP contribution is 2.42. The van der Waals surface area contributed by atoms with Gasteiger partial charge < -0.3 is 15.0 Å². The SMILES string of the molecule is Cn1c(=O)n(C2CCC(=O)NC2=O)c2cccc(C3CCN(CC4COC5(C4)CN(CC4CCC(n6cc7cc(NC(=O)c8cccc(C(F)(F)F)n8)ccc7n6)CC4)C5)CC3)c21. The Morgan fingerprint density at radius 2 is 1.68 bits per heavy atom. The molecule has 332 valence electrons. The highest BCUT2D eigenvalue weighted by atomic mass is 19.4. The Morgan fingerprint density at radius 3 is 2.44 bits per heavy atom. The number of aromatic nitrogens is 5. The largest absolute Gasteiger partial charge is 0.433 e. The number of amides is 3. The predicted molar refractivity (Wildman–Crippen MR) is 228 cm³/mol. The summed E-state index contributed by atoms with van der Waals surface area (Å²) in [6.45, 7) is 6.85. The van der Waals surface area contributed by atoms with Gasteiger partial charge in [0.05, 0.1) is 34.8 Å². The fourth-order valence-corrected chi connectivity index (χ4v) is 11.2. The molecule has 5 aromatic rings. The Labute approximate surface area is 361 Å². The van der Waals surface area contributed by atoms with Crippen LogP contribution in [0.25, 0.3) is 21.9 Å². The number of likely N-dealkylation sites (tertiary alicyclic amines) is 2. The summed E-state index contributed by atoms with van der Waals surface area (Å²) in [5, 5.41) is 10.7. The van der Waals surface area contributed by atoms with E-state index in [9.17, 15) is 32.3 Å². The molecular weight excluding hydrogens is 816 g/mol. The van der Waals surface area contributed by atoms with Gasteiger partial charge in [0.2, 0.25) is 11.8 Å². The van der Waals surface area contributed by atoms with Gasteiger partial charge in [0.1, 0.15) is 17.4 Å². The van der Waals surface area contributed by atoms with Crippen LogP contribution in [0, 0.1) is 11.8 Å². The molecule has 17 heteroatoms. The van der Waals surface area contributed by atoms with Gasteiger partial charge in [-0.05, 0) is 124 Å². The molecule has 0 bridgehead atoms. The van der Waals surface area contributed by atoms with Gasteiger partial charge in [0, 0.05) is 56.9 Å². The third-order valence-corrected chi connectivity index (χ3v) is 14.3. The third kappa shape index (κ3) is 8.19. The maximum Gasteiger partial charge on any atom is 0.433 e. The summed E-state index contributed by atoms with van der Waals surface area (Å²) in [4.78, 5) is 59.3.